The molecular weight excluding hydrogens is 540 g/mol. The van der Waals surface area contributed by atoms with E-state index >= 15 is 0 Å². The van der Waals surface area contributed by atoms with E-state index in [-0.39, 0.29) is 37.8 Å². The molecule has 0 aliphatic carbocycles. The van der Waals surface area contributed by atoms with Crippen molar-refractivity contribution in [2.45, 2.75) is 72.3 Å². The van der Waals surface area contributed by atoms with Crippen LogP contribution in [0.2, 0.25) is 0 Å². The summed E-state index contributed by atoms with van der Waals surface area (Å²) in [7, 11) is 1.55. The molecule has 0 aliphatic heterocycles. The van der Waals surface area contributed by atoms with Crippen molar-refractivity contribution in [2.24, 2.45) is 10.8 Å². The van der Waals surface area contributed by atoms with E-state index in [0.29, 0.717) is 12.2 Å². The van der Waals surface area contributed by atoms with Crippen molar-refractivity contribution in [1.29, 1.82) is 5.26 Å². The largest absolute Gasteiger partial charge is 0.463 e. The Balaban J connectivity index is 2.47. The maximum absolute atomic E-state index is 13.7. The molecule has 3 atom stereocenters. The molecule has 0 radical (unpaired) electrons. The number of thioether (sulfide) groups is 1. The van der Waals surface area contributed by atoms with Crippen LogP contribution < -0.4 is 4.57 Å². The molecule has 0 fully saturated rings. The molecule has 8 heteroatoms. The number of benzene rings is 1. The molecule has 40 heavy (non-hydrogen) atoms. The van der Waals surface area contributed by atoms with Crippen LogP contribution in [-0.4, -0.2) is 42.0 Å². The average Bonchev–Trinajstić information content (AvgIpc) is 2.97. The van der Waals surface area contributed by atoms with E-state index in [2.05, 4.69) is 42.1 Å². The molecule has 0 bridgehead atoms. The number of methoxy groups -OCH3 is 1. The topological polar surface area (TPSA) is 80.3 Å². The van der Waals surface area contributed by atoms with Crippen molar-refractivity contribution in [3.8, 4) is 6.07 Å². The van der Waals surface area contributed by atoms with Gasteiger partial charge in [0.15, 0.2) is 12.4 Å². The molecule has 216 valence electrons. The van der Waals surface area contributed by atoms with Gasteiger partial charge >= 0.3 is 5.97 Å². The SMILES string of the molecule is CCCC[n+]1ccc(C(CSC(=S)c2ccccc2)CC(C)(C(=O)OCCOC)C(C)(C#N)CCC(C)=O)cc1. The second kappa shape index (κ2) is 16.6. The van der Waals surface area contributed by atoms with E-state index in [1.807, 2.05) is 37.3 Å². The summed E-state index contributed by atoms with van der Waals surface area (Å²) in [5.74, 6) is 0.0581. The van der Waals surface area contributed by atoms with E-state index in [1.54, 1.807) is 25.8 Å². The van der Waals surface area contributed by atoms with Crippen LogP contribution in [0.5, 0.6) is 0 Å². The van der Waals surface area contributed by atoms with Gasteiger partial charge in [-0.2, -0.15) is 5.26 Å². The highest BCUT2D eigenvalue weighted by molar-refractivity contribution is 8.23. The lowest BCUT2D eigenvalue weighted by atomic mass is 9.60. The van der Waals surface area contributed by atoms with Gasteiger partial charge in [-0.05, 0) is 50.7 Å². The Morgan fingerprint density at radius 3 is 2.38 bits per heavy atom. The zero-order valence-corrected chi connectivity index (χ0v) is 26.1. The Kier molecular flexibility index (Phi) is 14.0. The first-order chi connectivity index (χ1) is 19.1. The standard InChI is InChI=1S/C32H43N2O4S2/c1-6-7-17-34-18-14-26(15-19-34)28(23-40-29(39)27-11-9-8-10-12-27)22-32(4,30(36)38-21-20-37-5)31(3,24-33)16-13-25(2)35/h8-12,14-15,18-19,28H,6-7,13,16-17,20-23H2,1-5H3/q+1. The van der Waals surface area contributed by atoms with Crippen LogP contribution in [0.1, 0.15) is 76.8 Å². The Labute approximate surface area is 249 Å². The monoisotopic (exact) mass is 583 g/mol. The van der Waals surface area contributed by atoms with Crippen LogP contribution in [0.3, 0.4) is 0 Å². The summed E-state index contributed by atoms with van der Waals surface area (Å²) in [6.07, 6.45) is 7.20. The Morgan fingerprint density at radius 1 is 1.12 bits per heavy atom. The zero-order valence-electron chi connectivity index (χ0n) is 24.5. The number of aryl methyl sites for hydroxylation is 1. The maximum Gasteiger partial charge on any atom is 0.313 e. The van der Waals surface area contributed by atoms with Crippen molar-refractivity contribution in [2.75, 3.05) is 26.1 Å². The number of ether oxygens (including phenoxy) is 2. The third-order valence-electron chi connectivity index (χ3n) is 7.65. The molecule has 1 heterocycles. The lowest BCUT2D eigenvalue weighted by Gasteiger charge is -2.42. The summed E-state index contributed by atoms with van der Waals surface area (Å²) < 4.78 is 13.7. The number of nitrogens with zero attached hydrogens (tertiary/aromatic N) is 2. The van der Waals surface area contributed by atoms with Crippen LogP contribution >= 0.6 is 24.0 Å². The highest BCUT2D eigenvalue weighted by Crippen LogP contribution is 2.50. The first-order valence-corrected chi connectivity index (χ1v) is 15.3. The minimum Gasteiger partial charge on any atom is -0.463 e. The van der Waals surface area contributed by atoms with E-state index in [4.69, 9.17) is 21.7 Å². The highest BCUT2D eigenvalue weighted by Gasteiger charge is 2.52. The number of thiocarbonyl (C=S) groups is 1. The Bertz CT molecular complexity index is 1150. The molecule has 1 aromatic heterocycles. The molecule has 0 N–H and O–H groups in total. The van der Waals surface area contributed by atoms with Crippen molar-refractivity contribution in [1.82, 2.24) is 0 Å². The second-order valence-electron chi connectivity index (χ2n) is 10.7. The second-order valence-corrected chi connectivity index (χ2v) is 12.4. The number of hydrogen-bond acceptors (Lipinski definition) is 7. The molecule has 3 unspecified atom stereocenters. The number of carbonyl (C=O) groups is 2. The summed E-state index contributed by atoms with van der Waals surface area (Å²) in [6, 6.07) is 16.5. The number of hydrogen-bond donors (Lipinski definition) is 0. The summed E-state index contributed by atoms with van der Waals surface area (Å²) in [5.41, 5.74) is -0.254. The van der Waals surface area contributed by atoms with Gasteiger partial charge in [0.1, 0.15) is 18.9 Å². The fourth-order valence-electron chi connectivity index (χ4n) is 4.62. The summed E-state index contributed by atoms with van der Waals surface area (Å²) in [5, 5.41) is 10.4. The number of pyridine rings is 1. The molecule has 0 aliphatic rings. The number of unbranched alkanes of at least 4 members (excludes halogenated alkanes) is 1. The number of esters is 1. The summed E-state index contributed by atoms with van der Waals surface area (Å²) in [4.78, 5) is 25.7. The normalized spacial score (nSPS) is 14.8. The van der Waals surface area contributed by atoms with Gasteiger partial charge in [0, 0.05) is 37.8 Å². The third-order valence-corrected chi connectivity index (χ3v) is 9.31. The predicted octanol–water partition coefficient (Wildman–Crippen LogP) is 6.45. The zero-order chi connectivity index (χ0) is 29.6. The number of carbonyl (C=O) groups excluding carboxylic acids is 2. The average molecular weight is 584 g/mol. The molecule has 1 aromatic carbocycles. The number of ketones is 1. The number of rotatable bonds is 17. The van der Waals surface area contributed by atoms with Crippen molar-refractivity contribution in [3.63, 3.8) is 0 Å². The van der Waals surface area contributed by atoms with Gasteiger partial charge in [-0.15, -0.1) is 11.8 Å². The fourth-order valence-corrected chi connectivity index (χ4v) is 5.93. The van der Waals surface area contributed by atoms with Crippen molar-refractivity contribution in [3.05, 3.63) is 66.0 Å². The molecule has 2 rings (SSSR count). The van der Waals surface area contributed by atoms with E-state index in [1.165, 1.54) is 6.92 Å². The molecule has 0 amide bonds. The molecule has 6 nitrogen and oxygen atoms in total. The predicted molar refractivity (Wildman–Crippen MR) is 164 cm³/mol. The van der Waals surface area contributed by atoms with E-state index < -0.39 is 16.8 Å². The molecule has 0 saturated carbocycles. The van der Waals surface area contributed by atoms with Gasteiger partial charge in [-0.25, -0.2) is 4.57 Å². The van der Waals surface area contributed by atoms with Crippen LogP contribution in [0.25, 0.3) is 0 Å². The van der Waals surface area contributed by atoms with Crippen molar-refractivity contribution >= 4 is 39.9 Å². The minimum absolute atomic E-state index is 0.0171. The molecular formula is C32H43N2O4S2+. The van der Waals surface area contributed by atoms with Crippen LogP contribution in [0.15, 0.2) is 54.9 Å². The van der Waals surface area contributed by atoms with Crippen LogP contribution in [0.4, 0.5) is 0 Å². The minimum atomic E-state index is -1.18. The molecule has 0 saturated heterocycles. The first-order valence-electron chi connectivity index (χ1n) is 13.9. The quantitative estimate of drug-likeness (QED) is 0.0916. The van der Waals surface area contributed by atoms with Crippen molar-refractivity contribution < 1.29 is 23.6 Å². The van der Waals surface area contributed by atoms with Gasteiger partial charge in [0.25, 0.3) is 0 Å². The lowest BCUT2D eigenvalue weighted by Crippen LogP contribution is -2.46. The molecule has 2 aromatic rings. The van der Waals surface area contributed by atoms with Gasteiger partial charge in [-0.3, -0.25) is 4.79 Å². The summed E-state index contributed by atoms with van der Waals surface area (Å²) >= 11 is 7.33. The third kappa shape index (κ3) is 9.50. The highest BCUT2D eigenvalue weighted by atomic mass is 32.2. The smallest absolute Gasteiger partial charge is 0.313 e. The summed E-state index contributed by atoms with van der Waals surface area (Å²) in [6.45, 7) is 8.56. The van der Waals surface area contributed by atoms with Crippen LogP contribution in [-0.2, 0) is 25.6 Å². The van der Waals surface area contributed by atoms with Gasteiger partial charge < -0.3 is 14.3 Å². The van der Waals surface area contributed by atoms with Crippen LogP contribution in [0, 0.1) is 22.2 Å². The first kappa shape index (κ1) is 33.6. The van der Waals surface area contributed by atoms with Gasteiger partial charge in [-0.1, -0.05) is 55.9 Å². The lowest BCUT2D eigenvalue weighted by molar-refractivity contribution is -0.697. The van der Waals surface area contributed by atoms with Gasteiger partial charge in [0.2, 0.25) is 0 Å². The molecule has 0 spiro atoms. The number of aromatic nitrogens is 1. The number of Topliss-reactive ketones (excluding diaryl/α,β-unsaturated/α-hetero) is 1. The Morgan fingerprint density at radius 2 is 1.80 bits per heavy atom. The van der Waals surface area contributed by atoms with E-state index in [0.717, 1.165) is 34.7 Å². The maximum atomic E-state index is 13.7. The Hall–Kier alpha value is -2.60. The number of nitriles is 1. The fraction of sp³-hybridized carbons (Fsp3) is 0.531. The van der Waals surface area contributed by atoms with E-state index in [9.17, 15) is 14.9 Å². The van der Waals surface area contributed by atoms with Gasteiger partial charge in [0.05, 0.1) is 27.7 Å².